The van der Waals surface area contributed by atoms with Gasteiger partial charge in [-0.15, -0.1) is 0 Å². The van der Waals surface area contributed by atoms with Gasteiger partial charge in [-0.1, -0.05) is 42.5 Å². The highest BCUT2D eigenvalue weighted by atomic mass is 19.1. The highest BCUT2D eigenvalue weighted by Crippen LogP contribution is 2.28. The molecular weight excluding hydrogens is 452 g/mol. The van der Waals surface area contributed by atoms with E-state index < -0.39 is 29.5 Å². The molecule has 1 aliphatic rings. The highest BCUT2D eigenvalue weighted by molar-refractivity contribution is 6.02. The lowest BCUT2D eigenvalue weighted by atomic mass is 10.0. The number of hydrogen-bond acceptors (Lipinski definition) is 5. The topological polar surface area (TPSA) is 85.5 Å². The molecule has 3 aromatic carbocycles. The van der Waals surface area contributed by atoms with E-state index in [4.69, 9.17) is 0 Å². The van der Waals surface area contributed by atoms with Gasteiger partial charge in [-0.3, -0.25) is 15.0 Å². The number of rotatable bonds is 7. The number of anilines is 2. The molecular formula is C26H27F2N5O2. The van der Waals surface area contributed by atoms with E-state index in [1.165, 1.54) is 30.3 Å². The van der Waals surface area contributed by atoms with E-state index in [0.717, 1.165) is 5.56 Å². The normalized spacial score (nSPS) is 16.4. The minimum absolute atomic E-state index is 0.128. The molecule has 2 unspecified atom stereocenters. The van der Waals surface area contributed by atoms with E-state index >= 15 is 0 Å². The molecule has 9 heteroatoms. The number of amides is 2. The Morgan fingerprint density at radius 3 is 2.54 bits per heavy atom. The molecule has 1 heterocycles. The van der Waals surface area contributed by atoms with Gasteiger partial charge >= 0.3 is 0 Å². The molecule has 35 heavy (non-hydrogen) atoms. The second-order valence-corrected chi connectivity index (χ2v) is 8.45. The van der Waals surface area contributed by atoms with Gasteiger partial charge in [0, 0.05) is 19.0 Å². The van der Waals surface area contributed by atoms with Crippen LogP contribution in [0.4, 0.5) is 20.2 Å². The fourth-order valence-corrected chi connectivity index (χ4v) is 3.98. The van der Waals surface area contributed by atoms with Gasteiger partial charge in [0.2, 0.25) is 5.91 Å². The zero-order chi connectivity index (χ0) is 24.8. The Morgan fingerprint density at radius 2 is 1.80 bits per heavy atom. The predicted octanol–water partition coefficient (Wildman–Crippen LogP) is 3.20. The number of carbonyl (C=O) groups excluding carboxylic acids is 2. The summed E-state index contributed by atoms with van der Waals surface area (Å²) in [7, 11) is 0. The number of hydrazine groups is 1. The van der Waals surface area contributed by atoms with Gasteiger partial charge in [0.05, 0.1) is 23.6 Å². The van der Waals surface area contributed by atoms with Crippen molar-refractivity contribution in [3.63, 3.8) is 0 Å². The van der Waals surface area contributed by atoms with E-state index in [1.807, 2.05) is 42.2 Å². The first-order valence-electron chi connectivity index (χ1n) is 11.3. The first-order valence-corrected chi connectivity index (χ1v) is 11.3. The Kier molecular flexibility index (Phi) is 7.69. The molecule has 0 bridgehead atoms. The van der Waals surface area contributed by atoms with Crippen molar-refractivity contribution in [1.29, 1.82) is 0 Å². The van der Waals surface area contributed by atoms with Crippen molar-refractivity contribution < 1.29 is 18.4 Å². The highest BCUT2D eigenvalue weighted by Gasteiger charge is 2.26. The summed E-state index contributed by atoms with van der Waals surface area (Å²) in [5.74, 6) is -2.44. The van der Waals surface area contributed by atoms with Crippen molar-refractivity contribution >= 4 is 23.2 Å². The molecule has 0 aromatic heterocycles. The quantitative estimate of drug-likeness (QED) is 0.418. The van der Waals surface area contributed by atoms with Crippen molar-refractivity contribution in [1.82, 2.24) is 16.2 Å². The Bertz CT molecular complexity index is 1190. The Balaban J connectivity index is 1.59. The number of carbonyl (C=O) groups is 2. The smallest absolute Gasteiger partial charge is 0.254 e. The molecule has 182 valence electrons. The summed E-state index contributed by atoms with van der Waals surface area (Å²) in [5.41, 5.74) is 7.73. The summed E-state index contributed by atoms with van der Waals surface area (Å²) in [5, 5.41) is 5.42. The SMILES string of the molecule is CC1CN(c2ccc(F)cc2NC(=O)C(Cc2ccccc2)NC(=O)c2ccccc2F)CNN1. The minimum atomic E-state index is -1.03. The zero-order valence-electron chi connectivity index (χ0n) is 19.2. The minimum Gasteiger partial charge on any atom is -0.354 e. The molecule has 3 aromatic rings. The van der Waals surface area contributed by atoms with E-state index in [0.29, 0.717) is 18.9 Å². The predicted molar refractivity (Wildman–Crippen MR) is 131 cm³/mol. The molecule has 2 amide bonds. The van der Waals surface area contributed by atoms with Crippen LogP contribution in [0.2, 0.25) is 0 Å². The molecule has 7 nitrogen and oxygen atoms in total. The van der Waals surface area contributed by atoms with E-state index in [9.17, 15) is 18.4 Å². The van der Waals surface area contributed by atoms with Crippen LogP contribution in [-0.4, -0.2) is 37.1 Å². The molecule has 4 rings (SSSR count). The molecule has 0 saturated carbocycles. The van der Waals surface area contributed by atoms with Crippen LogP contribution >= 0.6 is 0 Å². The Labute approximate surface area is 202 Å². The van der Waals surface area contributed by atoms with Gasteiger partial charge in [0.1, 0.15) is 17.7 Å². The molecule has 1 aliphatic heterocycles. The summed E-state index contributed by atoms with van der Waals surface area (Å²) in [6.45, 7) is 3.09. The number of nitrogens with zero attached hydrogens (tertiary/aromatic N) is 1. The maximum Gasteiger partial charge on any atom is 0.254 e. The number of benzene rings is 3. The molecule has 1 saturated heterocycles. The summed E-state index contributed by atoms with van der Waals surface area (Å²) in [6, 6.07) is 18.0. The van der Waals surface area contributed by atoms with Crippen molar-refractivity contribution in [2.24, 2.45) is 0 Å². The third kappa shape index (κ3) is 6.20. The fourth-order valence-electron chi connectivity index (χ4n) is 3.98. The standard InChI is InChI=1S/C26H27F2N5O2/c1-17-15-33(16-29-32-17)24-12-11-19(27)14-22(24)30-26(35)23(13-18-7-3-2-4-8-18)31-25(34)20-9-5-6-10-21(20)28/h2-12,14,17,23,29,32H,13,15-16H2,1H3,(H,30,35)(H,31,34). The largest absolute Gasteiger partial charge is 0.354 e. The first-order chi connectivity index (χ1) is 16.9. The second kappa shape index (κ2) is 11.1. The molecule has 0 radical (unpaired) electrons. The Hall–Kier alpha value is -3.82. The Morgan fingerprint density at radius 1 is 1.06 bits per heavy atom. The average Bonchev–Trinajstić information content (AvgIpc) is 2.84. The number of hydrogen-bond donors (Lipinski definition) is 4. The van der Waals surface area contributed by atoms with E-state index in [-0.39, 0.29) is 23.7 Å². The first kappa shape index (κ1) is 24.3. The van der Waals surface area contributed by atoms with Gasteiger partial charge in [0.15, 0.2) is 0 Å². The third-order valence-corrected chi connectivity index (χ3v) is 5.69. The van der Waals surface area contributed by atoms with Crippen molar-refractivity contribution in [3.8, 4) is 0 Å². The molecule has 4 N–H and O–H groups in total. The number of halogens is 2. The van der Waals surface area contributed by atoms with Crippen molar-refractivity contribution in [3.05, 3.63) is 95.6 Å². The molecule has 0 spiro atoms. The van der Waals surface area contributed by atoms with Crippen LogP contribution in [-0.2, 0) is 11.2 Å². The van der Waals surface area contributed by atoms with Crippen LogP contribution < -0.4 is 26.4 Å². The molecule has 2 atom stereocenters. The van der Waals surface area contributed by atoms with Crippen LogP contribution in [0, 0.1) is 11.6 Å². The zero-order valence-corrected chi connectivity index (χ0v) is 19.2. The summed E-state index contributed by atoms with van der Waals surface area (Å²) in [4.78, 5) is 28.2. The van der Waals surface area contributed by atoms with Gasteiger partial charge in [0.25, 0.3) is 5.91 Å². The van der Waals surface area contributed by atoms with Crippen LogP contribution in [0.3, 0.4) is 0 Å². The maximum atomic E-state index is 14.2. The van der Waals surface area contributed by atoms with Crippen molar-refractivity contribution in [2.75, 3.05) is 23.4 Å². The summed E-state index contributed by atoms with van der Waals surface area (Å²) >= 11 is 0. The van der Waals surface area contributed by atoms with E-state index in [2.05, 4.69) is 21.5 Å². The third-order valence-electron chi connectivity index (χ3n) is 5.69. The number of nitrogens with one attached hydrogen (secondary N) is 4. The fraction of sp³-hybridized carbons (Fsp3) is 0.231. The second-order valence-electron chi connectivity index (χ2n) is 8.45. The summed E-state index contributed by atoms with van der Waals surface area (Å²) in [6.07, 6.45) is 0.170. The van der Waals surface area contributed by atoms with Crippen LogP contribution in [0.5, 0.6) is 0 Å². The van der Waals surface area contributed by atoms with E-state index in [1.54, 1.807) is 12.1 Å². The van der Waals surface area contributed by atoms with Crippen LogP contribution in [0.1, 0.15) is 22.8 Å². The van der Waals surface area contributed by atoms with Crippen LogP contribution in [0.25, 0.3) is 0 Å². The van der Waals surface area contributed by atoms with Gasteiger partial charge in [-0.05, 0) is 42.8 Å². The van der Waals surface area contributed by atoms with Crippen molar-refractivity contribution in [2.45, 2.75) is 25.4 Å². The van der Waals surface area contributed by atoms with Gasteiger partial charge in [-0.25, -0.2) is 14.2 Å². The lowest BCUT2D eigenvalue weighted by Crippen LogP contribution is -2.56. The molecule has 1 fully saturated rings. The molecule has 0 aliphatic carbocycles. The monoisotopic (exact) mass is 479 g/mol. The van der Waals surface area contributed by atoms with Gasteiger partial charge < -0.3 is 15.5 Å². The van der Waals surface area contributed by atoms with Gasteiger partial charge in [-0.2, -0.15) is 0 Å². The summed E-state index contributed by atoms with van der Waals surface area (Å²) < 4.78 is 28.3. The maximum absolute atomic E-state index is 14.2. The average molecular weight is 480 g/mol. The van der Waals surface area contributed by atoms with Crippen LogP contribution in [0.15, 0.2) is 72.8 Å². The lowest BCUT2D eigenvalue weighted by Gasteiger charge is -2.35. The lowest BCUT2D eigenvalue weighted by molar-refractivity contribution is -0.118.